The van der Waals surface area contributed by atoms with Crippen molar-refractivity contribution in [2.75, 3.05) is 0 Å². The molecule has 0 saturated carbocycles. The van der Waals surface area contributed by atoms with Crippen molar-refractivity contribution >= 4 is 5.91 Å². The van der Waals surface area contributed by atoms with Crippen LogP contribution in [-0.2, 0) is 13.5 Å². The number of fused-ring (bicyclic) bond motifs is 1. The van der Waals surface area contributed by atoms with E-state index in [0.29, 0.717) is 17.0 Å². The van der Waals surface area contributed by atoms with Crippen LogP contribution in [0.5, 0.6) is 0 Å². The van der Waals surface area contributed by atoms with Gasteiger partial charge in [-0.15, -0.1) is 0 Å². The number of hydrogen-bond donors (Lipinski definition) is 1. The molecule has 3 rings (SSSR count). The number of aromatic nitrogens is 3. The molecule has 2 aromatic heterocycles. The van der Waals surface area contributed by atoms with Crippen LogP contribution in [0.4, 0.5) is 0 Å². The van der Waals surface area contributed by atoms with E-state index in [9.17, 15) is 4.79 Å². The fourth-order valence-corrected chi connectivity index (χ4v) is 2.89. The zero-order valence-electron chi connectivity index (χ0n) is 12.6. The van der Waals surface area contributed by atoms with Crippen LogP contribution in [0.15, 0.2) is 18.3 Å². The summed E-state index contributed by atoms with van der Waals surface area (Å²) in [5.74, 6) is -0.214. The van der Waals surface area contributed by atoms with Crippen molar-refractivity contribution in [3.63, 3.8) is 0 Å². The number of carbonyl (C=O) groups is 1. The van der Waals surface area contributed by atoms with Crippen molar-refractivity contribution in [2.24, 2.45) is 7.05 Å². The molecular formula is C16H17N5O. The summed E-state index contributed by atoms with van der Waals surface area (Å²) < 4.78 is 1.87. The van der Waals surface area contributed by atoms with E-state index in [2.05, 4.69) is 21.5 Å². The van der Waals surface area contributed by atoms with Gasteiger partial charge in [-0.25, -0.2) is 4.98 Å². The molecule has 1 aliphatic rings. The molecule has 2 aromatic rings. The van der Waals surface area contributed by atoms with Gasteiger partial charge in [-0.3, -0.25) is 9.48 Å². The summed E-state index contributed by atoms with van der Waals surface area (Å²) >= 11 is 0. The summed E-state index contributed by atoms with van der Waals surface area (Å²) in [4.78, 5) is 16.6. The smallest absolute Gasteiger partial charge is 0.270 e. The Balaban J connectivity index is 1.81. The second-order valence-corrected chi connectivity index (χ2v) is 5.53. The van der Waals surface area contributed by atoms with E-state index in [0.717, 1.165) is 24.8 Å². The highest BCUT2D eigenvalue weighted by Gasteiger charge is 2.25. The van der Waals surface area contributed by atoms with Crippen LogP contribution >= 0.6 is 0 Å². The highest BCUT2D eigenvalue weighted by molar-refractivity contribution is 5.92. The van der Waals surface area contributed by atoms with E-state index in [4.69, 9.17) is 5.26 Å². The average Bonchev–Trinajstić information content (AvgIpc) is 2.90. The topological polar surface area (TPSA) is 83.6 Å². The Hall–Kier alpha value is -2.68. The van der Waals surface area contributed by atoms with Crippen molar-refractivity contribution in [1.82, 2.24) is 20.1 Å². The van der Waals surface area contributed by atoms with Crippen molar-refractivity contribution in [3.05, 3.63) is 46.5 Å². The van der Waals surface area contributed by atoms with Crippen LogP contribution < -0.4 is 5.32 Å². The van der Waals surface area contributed by atoms with E-state index in [1.165, 1.54) is 5.69 Å². The van der Waals surface area contributed by atoms with Crippen LogP contribution in [-0.4, -0.2) is 20.7 Å². The van der Waals surface area contributed by atoms with Crippen molar-refractivity contribution in [1.29, 1.82) is 5.26 Å². The molecule has 1 atom stereocenters. The second kappa shape index (κ2) is 5.60. The lowest BCUT2D eigenvalue weighted by Gasteiger charge is -2.23. The third-order valence-electron chi connectivity index (χ3n) is 4.12. The van der Waals surface area contributed by atoms with Gasteiger partial charge in [0.1, 0.15) is 11.8 Å². The van der Waals surface area contributed by atoms with Crippen molar-refractivity contribution in [3.8, 4) is 6.07 Å². The van der Waals surface area contributed by atoms with Gasteiger partial charge in [0.2, 0.25) is 0 Å². The third kappa shape index (κ3) is 2.46. The maximum atomic E-state index is 12.4. The summed E-state index contributed by atoms with van der Waals surface area (Å²) in [6.45, 7) is 1.73. The molecular weight excluding hydrogens is 278 g/mol. The molecule has 1 aliphatic carbocycles. The third-order valence-corrected chi connectivity index (χ3v) is 4.12. The predicted octanol–water partition coefficient (Wildman–Crippen LogP) is 1.80. The minimum atomic E-state index is -0.214. The van der Waals surface area contributed by atoms with Crippen molar-refractivity contribution in [2.45, 2.75) is 32.2 Å². The van der Waals surface area contributed by atoms with E-state index >= 15 is 0 Å². The van der Waals surface area contributed by atoms with Gasteiger partial charge >= 0.3 is 0 Å². The zero-order valence-corrected chi connectivity index (χ0v) is 12.6. The summed E-state index contributed by atoms with van der Waals surface area (Å²) in [6.07, 6.45) is 4.75. The molecule has 112 valence electrons. The predicted molar refractivity (Wildman–Crippen MR) is 80.0 cm³/mol. The molecule has 1 amide bonds. The molecule has 22 heavy (non-hydrogen) atoms. The number of hydrogen-bond acceptors (Lipinski definition) is 4. The van der Waals surface area contributed by atoms with Gasteiger partial charge in [-0.05, 0) is 38.3 Å². The average molecular weight is 295 g/mol. The normalized spacial score (nSPS) is 16.7. The summed E-state index contributed by atoms with van der Waals surface area (Å²) in [5.41, 5.74) is 3.67. The Morgan fingerprint density at radius 3 is 3.05 bits per heavy atom. The first-order chi connectivity index (χ1) is 10.6. The Morgan fingerprint density at radius 2 is 2.32 bits per heavy atom. The van der Waals surface area contributed by atoms with Crippen LogP contribution in [0.1, 0.15) is 51.9 Å². The Kier molecular flexibility index (Phi) is 3.63. The summed E-state index contributed by atoms with van der Waals surface area (Å²) in [7, 11) is 1.93. The van der Waals surface area contributed by atoms with Crippen LogP contribution in [0.2, 0.25) is 0 Å². The van der Waals surface area contributed by atoms with Gasteiger partial charge in [0.25, 0.3) is 5.91 Å². The summed E-state index contributed by atoms with van der Waals surface area (Å²) in [6, 6.07) is 5.25. The molecule has 0 aromatic carbocycles. The lowest BCUT2D eigenvalue weighted by molar-refractivity contribution is 0.0927. The van der Waals surface area contributed by atoms with Gasteiger partial charge < -0.3 is 5.32 Å². The van der Waals surface area contributed by atoms with Crippen LogP contribution in [0.25, 0.3) is 0 Å². The Morgan fingerprint density at radius 1 is 1.50 bits per heavy atom. The van der Waals surface area contributed by atoms with E-state index in [-0.39, 0.29) is 11.9 Å². The first-order valence-electron chi connectivity index (χ1n) is 7.29. The van der Waals surface area contributed by atoms with Crippen LogP contribution in [0, 0.1) is 18.3 Å². The number of amides is 1. The minimum Gasteiger partial charge on any atom is -0.344 e. The van der Waals surface area contributed by atoms with Gasteiger partial charge in [0.05, 0.1) is 23.5 Å². The fourth-order valence-electron chi connectivity index (χ4n) is 2.89. The maximum absolute atomic E-state index is 12.4. The lowest BCUT2D eigenvalue weighted by Crippen LogP contribution is -2.31. The molecule has 0 spiro atoms. The molecule has 6 heteroatoms. The van der Waals surface area contributed by atoms with E-state index < -0.39 is 0 Å². The minimum absolute atomic E-state index is 0.0253. The van der Waals surface area contributed by atoms with Gasteiger partial charge in [0, 0.05) is 18.3 Å². The quantitative estimate of drug-likeness (QED) is 0.915. The van der Waals surface area contributed by atoms with E-state index in [1.54, 1.807) is 19.1 Å². The first-order valence-corrected chi connectivity index (χ1v) is 7.29. The molecule has 0 unspecified atom stereocenters. The van der Waals surface area contributed by atoms with E-state index in [1.807, 2.05) is 17.9 Å². The van der Waals surface area contributed by atoms with Gasteiger partial charge in [-0.2, -0.15) is 10.4 Å². The summed E-state index contributed by atoms with van der Waals surface area (Å²) in [5, 5.41) is 16.2. The zero-order chi connectivity index (χ0) is 15.7. The number of aryl methyl sites for hydroxylation is 2. The number of rotatable bonds is 2. The largest absolute Gasteiger partial charge is 0.344 e. The van der Waals surface area contributed by atoms with Gasteiger partial charge in [-0.1, -0.05) is 0 Å². The fraction of sp³-hybridized carbons (Fsp3) is 0.375. The standard InChI is InChI=1S/C16H17N5O/c1-10-11(8-17)6-7-14(19-10)16(22)20-13-4-3-5-15-12(13)9-18-21(15)2/h6-7,9,13H,3-5H2,1-2H3,(H,20,22)/t13-/m1/s1. The lowest BCUT2D eigenvalue weighted by atomic mass is 9.93. The van der Waals surface area contributed by atoms with Crippen LogP contribution in [0.3, 0.4) is 0 Å². The monoisotopic (exact) mass is 295 g/mol. The highest BCUT2D eigenvalue weighted by Crippen LogP contribution is 2.29. The number of nitriles is 1. The molecule has 0 fully saturated rings. The molecule has 0 bridgehead atoms. The molecule has 0 aliphatic heterocycles. The molecule has 2 heterocycles. The molecule has 0 saturated heterocycles. The van der Waals surface area contributed by atoms with Crippen molar-refractivity contribution < 1.29 is 4.79 Å². The molecule has 6 nitrogen and oxygen atoms in total. The molecule has 0 radical (unpaired) electrons. The number of nitrogens with one attached hydrogen (secondary N) is 1. The SMILES string of the molecule is Cc1nc(C(=O)N[C@@H]2CCCc3c2cnn3C)ccc1C#N. The number of nitrogens with zero attached hydrogens (tertiary/aromatic N) is 4. The Bertz CT molecular complexity index is 771. The van der Waals surface area contributed by atoms with Gasteiger partial charge in [0.15, 0.2) is 0 Å². The number of carbonyl (C=O) groups excluding carboxylic acids is 1. The highest BCUT2D eigenvalue weighted by atomic mass is 16.1. The Labute approximate surface area is 128 Å². The maximum Gasteiger partial charge on any atom is 0.270 e. The number of pyridine rings is 1. The second-order valence-electron chi connectivity index (χ2n) is 5.53. The first kappa shape index (κ1) is 14.3. The molecule has 1 N–H and O–H groups in total.